The van der Waals surface area contributed by atoms with Crippen LogP contribution in [0.15, 0.2) is 59.8 Å². The standard InChI is InChI=1S/C27H33N5O2S/c1-34-23-14-12-20(13-15-23)24(31-16-6-3-7-17-31)18-28-25(33)19-35-27-30-29-26(21-10-11-21)32(27)22-8-4-2-5-9-22/h2,4-5,8-9,12-15,21,24H,3,6-7,10-11,16-19H2,1H3,(H,28,33)/t24-/m0/s1. The number of benzene rings is 2. The van der Waals surface area contributed by atoms with Crippen molar-refractivity contribution in [1.29, 1.82) is 0 Å². The molecule has 2 fully saturated rings. The van der Waals surface area contributed by atoms with Gasteiger partial charge in [0.25, 0.3) is 0 Å². The van der Waals surface area contributed by atoms with E-state index in [2.05, 4.69) is 49.2 Å². The Bertz CT molecular complexity index is 1110. The number of hydrogen-bond acceptors (Lipinski definition) is 6. The van der Waals surface area contributed by atoms with Gasteiger partial charge < -0.3 is 10.1 Å². The van der Waals surface area contributed by atoms with Crippen LogP contribution < -0.4 is 10.1 Å². The number of methoxy groups -OCH3 is 1. The molecule has 2 aliphatic rings. The molecule has 7 nitrogen and oxygen atoms in total. The summed E-state index contributed by atoms with van der Waals surface area (Å²) in [5.41, 5.74) is 2.26. The summed E-state index contributed by atoms with van der Waals surface area (Å²) in [4.78, 5) is 15.4. The highest BCUT2D eigenvalue weighted by Gasteiger charge is 2.31. The molecule has 1 atom stereocenters. The largest absolute Gasteiger partial charge is 0.497 e. The average molecular weight is 492 g/mol. The van der Waals surface area contributed by atoms with Crippen LogP contribution in [0.4, 0.5) is 0 Å². The Morgan fingerprint density at radius 2 is 1.80 bits per heavy atom. The quantitative estimate of drug-likeness (QED) is 0.418. The normalized spacial score (nSPS) is 17.2. The molecule has 0 spiro atoms. The summed E-state index contributed by atoms with van der Waals surface area (Å²) in [5, 5.41) is 12.9. The van der Waals surface area contributed by atoms with E-state index < -0.39 is 0 Å². The topological polar surface area (TPSA) is 72.3 Å². The van der Waals surface area contributed by atoms with Gasteiger partial charge in [0.15, 0.2) is 5.16 Å². The number of hydrogen-bond donors (Lipinski definition) is 1. The fourth-order valence-electron chi connectivity index (χ4n) is 4.71. The van der Waals surface area contributed by atoms with Crippen molar-refractivity contribution in [3.63, 3.8) is 0 Å². The number of amides is 1. The van der Waals surface area contributed by atoms with Crippen LogP contribution in [0.2, 0.25) is 0 Å². The second-order valence-electron chi connectivity index (χ2n) is 9.26. The molecule has 0 unspecified atom stereocenters. The van der Waals surface area contributed by atoms with Crippen LogP contribution in [0.1, 0.15) is 55.5 Å². The van der Waals surface area contributed by atoms with E-state index in [9.17, 15) is 4.79 Å². The third kappa shape index (κ3) is 5.87. The van der Waals surface area contributed by atoms with Gasteiger partial charge >= 0.3 is 0 Å². The van der Waals surface area contributed by atoms with Gasteiger partial charge in [-0.15, -0.1) is 10.2 Å². The average Bonchev–Trinajstić information content (AvgIpc) is 3.68. The van der Waals surface area contributed by atoms with Crippen LogP contribution in [-0.4, -0.2) is 58.1 Å². The van der Waals surface area contributed by atoms with Gasteiger partial charge in [-0.05, 0) is 68.6 Å². The number of para-hydroxylation sites is 1. The molecule has 1 aliphatic carbocycles. The second kappa shape index (κ2) is 11.3. The van der Waals surface area contributed by atoms with Crippen LogP contribution in [0, 0.1) is 0 Å². The first kappa shape index (κ1) is 23.9. The molecule has 1 aromatic heterocycles. The summed E-state index contributed by atoms with van der Waals surface area (Å²) in [6, 6.07) is 18.6. The van der Waals surface area contributed by atoms with Crippen molar-refractivity contribution < 1.29 is 9.53 Å². The molecular weight excluding hydrogens is 458 g/mol. The Hall–Kier alpha value is -2.84. The monoisotopic (exact) mass is 491 g/mol. The maximum Gasteiger partial charge on any atom is 0.230 e. The van der Waals surface area contributed by atoms with E-state index >= 15 is 0 Å². The Labute approximate surface area is 211 Å². The number of nitrogens with one attached hydrogen (secondary N) is 1. The summed E-state index contributed by atoms with van der Waals surface area (Å²) >= 11 is 1.45. The van der Waals surface area contributed by atoms with E-state index in [1.807, 2.05) is 30.3 Å². The van der Waals surface area contributed by atoms with Gasteiger partial charge in [-0.1, -0.05) is 48.5 Å². The van der Waals surface area contributed by atoms with Crippen LogP contribution >= 0.6 is 11.8 Å². The van der Waals surface area contributed by atoms with E-state index in [0.717, 1.165) is 48.3 Å². The SMILES string of the molecule is COc1ccc([C@H](CNC(=O)CSc2nnc(C3CC3)n2-c2ccccc2)N2CCCCC2)cc1. The van der Waals surface area contributed by atoms with Crippen LogP contribution in [0.5, 0.6) is 5.75 Å². The van der Waals surface area contributed by atoms with E-state index in [4.69, 9.17) is 4.74 Å². The van der Waals surface area contributed by atoms with E-state index in [-0.39, 0.29) is 11.9 Å². The number of rotatable bonds is 10. The van der Waals surface area contributed by atoms with Crippen molar-refractivity contribution >= 4 is 17.7 Å². The Balaban J connectivity index is 1.24. The van der Waals surface area contributed by atoms with Gasteiger partial charge in [0.2, 0.25) is 5.91 Å². The van der Waals surface area contributed by atoms with E-state index in [1.54, 1.807) is 7.11 Å². The minimum absolute atomic E-state index is 0.0149. The Morgan fingerprint density at radius 3 is 2.49 bits per heavy atom. The first-order valence-electron chi connectivity index (χ1n) is 12.5. The first-order chi connectivity index (χ1) is 17.2. The Morgan fingerprint density at radius 1 is 1.06 bits per heavy atom. The lowest BCUT2D eigenvalue weighted by Crippen LogP contribution is -2.41. The van der Waals surface area contributed by atoms with Gasteiger partial charge in [0, 0.05) is 18.2 Å². The van der Waals surface area contributed by atoms with Crippen molar-refractivity contribution in [2.75, 3.05) is 32.5 Å². The molecule has 1 saturated heterocycles. The summed E-state index contributed by atoms with van der Waals surface area (Å²) < 4.78 is 7.44. The Kier molecular flexibility index (Phi) is 7.69. The van der Waals surface area contributed by atoms with Gasteiger partial charge in [-0.2, -0.15) is 0 Å². The smallest absolute Gasteiger partial charge is 0.230 e. The lowest BCUT2D eigenvalue weighted by molar-refractivity contribution is -0.118. The number of carbonyl (C=O) groups is 1. The molecule has 1 saturated carbocycles. The summed E-state index contributed by atoms with van der Waals surface area (Å²) in [6.07, 6.45) is 5.99. The third-order valence-electron chi connectivity index (χ3n) is 6.77. The van der Waals surface area contributed by atoms with Gasteiger partial charge in [-0.25, -0.2) is 0 Å². The number of thioether (sulfide) groups is 1. The molecule has 184 valence electrons. The minimum Gasteiger partial charge on any atom is -0.497 e. The highest BCUT2D eigenvalue weighted by Crippen LogP contribution is 2.41. The number of nitrogens with zero attached hydrogens (tertiary/aromatic N) is 4. The summed E-state index contributed by atoms with van der Waals surface area (Å²) in [7, 11) is 1.68. The van der Waals surface area contributed by atoms with E-state index in [1.165, 1.54) is 36.6 Å². The highest BCUT2D eigenvalue weighted by atomic mass is 32.2. The molecule has 2 aromatic carbocycles. The van der Waals surface area contributed by atoms with Gasteiger partial charge in [-0.3, -0.25) is 14.3 Å². The summed E-state index contributed by atoms with van der Waals surface area (Å²) in [5.74, 6) is 2.65. The third-order valence-corrected chi connectivity index (χ3v) is 7.70. The number of aromatic nitrogens is 3. The van der Waals surface area contributed by atoms with Gasteiger partial charge in [0.1, 0.15) is 11.6 Å². The van der Waals surface area contributed by atoms with Gasteiger partial charge in [0.05, 0.1) is 18.9 Å². The first-order valence-corrected chi connectivity index (χ1v) is 13.5. The zero-order chi connectivity index (χ0) is 24.0. The lowest BCUT2D eigenvalue weighted by Gasteiger charge is -2.35. The van der Waals surface area contributed by atoms with Crippen molar-refractivity contribution in [2.45, 2.75) is 49.2 Å². The zero-order valence-corrected chi connectivity index (χ0v) is 21.0. The maximum atomic E-state index is 12.9. The molecule has 1 aliphatic heterocycles. The minimum atomic E-state index is 0.0149. The molecule has 0 bridgehead atoms. The molecule has 0 radical (unpaired) electrons. The van der Waals surface area contributed by atoms with Crippen molar-refractivity contribution in [3.8, 4) is 11.4 Å². The lowest BCUT2D eigenvalue weighted by atomic mass is 10.0. The molecule has 2 heterocycles. The fraction of sp³-hybridized carbons (Fsp3) is 0.444. The number of likely N-dealkylation sites (tertiary alicyclic amines) is 1. The number of carbonyl (C=O) groups excluding carboxylic acids is 1. The molecule has 1 N–H and O–H groups in total. The molecule has 1 amide bonds. The summed E-state index contributed by atoms with van der Waals surface area (Å²) in [6.45, 7) is 2.71. The van der Waals surface area contributed by atoms with Crippen molar-refractivity contribution in [1.82, 2.24) is 25.0 Å². The van der Waals surface area contributed by atoms with Crippen LogP contribution in [-0.2, 0) is 4.79 Å². The van der Waals surface area contributed by atoms with Crippen LogP contribution in [0.25, 0.3) is 5.69 Å². The molecule has 5 rings (SSSR count). The molecule has 35 heavy (non-hydrogen) atoms. The maximum absolute atomic E-state index is 12.9. The predicted octanol–water partition coefficient (Wildman–Crippen LogP) is 4.59. The molecule has 8 heteroatoms. The van der Waals surface area contributed by atoms with Crippen molar-refractivity contribution in [2.24, 2.45) is 0 Å². The van der Waals surface area contributed by atoms with Crippen molar-refractivity contribution in [3.05, 3.63) is 66.0 Å². The molecular formula is C27H33N5O2S. The van der Waals surface area contributed by atoms with E-state index in [0.29, 0.717) is 18.2 Å². The second-order valence-corrected chi connectivity index (χ2v) is 10.2. The fourth-order valence-corrected chi connectivity index (χ4v) is 5.49. The predicted molar refractivity (Wildman–Crippen MR) is 138 cm³/mol. The number of ether oxygens (including phenoxy) is 1. The zero-order valence-electron chi connectivity index (χ0n) is 20.2. The molecule has 3 aromatic rings. The highest BCUT2D eigenvalue weighted by molar-refractivity contribution is 7.99. The van der Waals surface area contributed by atoms with Crippen LogP contribution in [0.3, 0.4) is 0 Å². The number of piperidine rings is 1.